The molecule has 42 heavy (non-hydrogen) atoms. The maximum atomic E-state index is 13.4. The van der Waals surface area contributed by atoms with Crippen LogP contribution in [0.4, 0.5) is 0 Å². The molecular weight excluding hydrogens is 522 g/mol. The average molecular weight is 548 g/mol. The molecule has 8 rings (SSSR count). The Labute approximate surface area is 241 Å². The molecule has 202 valence electrons. The molecule has 0 bridgehead atoms. The molecule has 2 aromatic heterocycles. The number of carbonyl (C=O) groups excluding carboxylic acids is 2. The second-order valence-electron chi connectivity index (χ2n) is 11.3. The van der Waals surface area contributed by atoms with Gasteiger partial charge in [0.15, 0.2) is 11.6 Å². The van der Waals surface area contributed by atoms with Crippen molar-refractivity contribution in [1.29, 1.82) is 0 Å². The fourth-order valence-corrected chi connectivity index (χ4v) is 6.72. The topological polar surface area (TPSA) is 69.3 Å². The van der Waals surface area contributed by atoms with Gasteiger partial charge in [0.25, 0.3) is 0 Å². The van der Waals surface area contributed by atoms with Gasteiger partial charge in [0, 0.05) is 39.0 Å². The summed E-state index contributed by atoms with van der Waals surface area (Å²) in [5, 5.41) is 3.13. The van der Waals surface area contributed by atoms with Crippen molar-refractivity contribution in [3.63, 3.8) is 0 Å². The number of hydrogen-bond donors (Lipinski definition) is 0. The van der Waals surface area contributed by atoms with E-state index in [2.05, 4.69) is 35.8 Å². The lowest BCUT2D eigenvalue weighted by Gasteiger charge is -2.22. The van der Waals surface area contributed by atoms with E-state index in [0.29, 0.717) is 40.7 Å². The van der Waals surface area contributed by atoms with Crippen molar-refractivity contribution < 1.29 is 14.0 Å². The van der Waals surface area contributed by atoms with Gasteiger partial charge in [-0.1, -0.05) is 73.7 Å². The van der Waals surface area contributed by atoms with Crippen LogP contribution in [0.2, 0.25) is 0 Å². The Hall–Kier alpha value is -5.29. The average Bonchev–Trinajstić information content (AvgIpc) is 3.47. The van der Waals surface area contributed by atoms with E-state index in [-0.39, 0.29) is 23.1 Å². The summed E-state index contributed by atoms with van der Waals surface area (Å²) in [6.45, 7) is 2.07. The first-order valence-corrected chi connectivity index (χ1v) is 14.2. The van der Waals surface area contributed by atoms with E-state index in [4.69, 9.17) is 4.42 Å². The number of carbonyl (C=O) groups is 2. The van der Waals surface area contributed by atoms with Gasteiger partial charge in [-0.25, -0.2) is 4.79 Å². The molecular formula is C37H25NO4. The van der Waals surface area contributed by atoms with Crippen molar-refractivity contribution in [3.05, 3.63) is 141 Å². The van der Waals surface area contributed by atoms with E-state index in [0.717, 1.165) is 38.5 Å². The maximum absolute atomic E-state index is 13.4. The molecule has 0 fully saturated rings. The molecule has 0 spiro atoms. The van der Waals surface area contributed by atoms with Crippen molar-refractivity contribution in [2.24, 2.45) is 5.92 Å². The molecule has 4 aromatic carbocycles. The highest BCUT2D eigenvalue weighted by atomic mass is 16.4. The minimum Gasteiger partial charge on any atom is -0.422 e. The summed E-state index contributed by atoms with van der Waals surface area (Å²) >= 11 is 0. The second kappa shape index (κ2) is 9.11. The third kappa shape index (κ3) is 3.60. The van der Waals surface area contributed by atoms with E-state index in [1.165, 1.54) is 0 Å². The summed E-state index contributed by atoms with van der Waals surface area (Å²) in [5.74, 6) is -0.318. The second-order valence-corrected chi connectivity index (χ2v) is 11.3. The summed E-state index contributed by atoms with van der Waals surface area (Å²) in [7, 11) is 0. The summed E-state index contributed by atoms with van der Waals surface area (Å²) in [4.78, 5) is 39.8. The fraction of sp³-hybridized carbons (Fsp3) is 0.108. The van der Waals surface area contributed by atoms with Gasteiger partial charge >= 0.3 is 5.63 Å². The van der Waals surface area contributed by atoms with Crippen LogP contribution < -0.4 is 5.63 Å². The molecule has 2 aliphatic carbocycles. The molecule has 5 nitrogen and oxygen atoms in total. The first-order chi connectivity index (χ1) is 20.5. The lowest BCUT2D eigenvalue weighted by atomic mass is 9.82. The molecule has 0 N–H and O–H groups in total. The number of Topliss-reactive ketones (excluding diaryl/α,β-unsaturated/α-hetero) is 2. The van der Waals surface area contributed by atoms with E-state index >= 15 is 0 Å². The molecule has 0 amide bonds. The number of hydrogen-bond acceptors (Lipinski definition) is 4. The Morgan fingerprint density at radius 2 is 1.31 bits per heavy atom. The number of aromatic nitrogens is 1. The SMILES string of the molecule is CC1CC(c2cc3ccc(-n4c5ccccc5c5ccccc54)cc3oc2=O)=CC(=C2C(=O)c3ccccc3C2=O)C1. The number of nitrogens with zero attached hydrogens (tertiary/aromatic N) is 1. The van der Waals surface area contributed by atoms with Crippen molar-refractivity contribution in [2.75, 3.05) is 0 Å². The molecule has 0 saturated heterocycles. The fourth-order valence-electron chi connectivity index (χ4n) is 6.72. The summed E-state index contributed by atoms with van der Waals surface area (Å²) < 4.78 is 8.13. The Kier molecular flexibility index (Phi) is 5.32. The number of rotatable bonds is 2. The largest absolute Gasteiger partial charge is 0.422 e. The van der Waals surface area contributed by atoms with Crippen LogP contribution in [-0.4, -0.2) is 16.1 Å². The van der Waals surface area contributed by atoms with Gasteiger partial charge in [-0.2, -0.15) is 0 Å². The molecule has 0 saturated carbocycles. The number of ketones is 2. The highest BCUT2D eigenvalue weighted by molar-refractivity contribution is 6.40. The number of benzene rings is 4. The molecule has 0 radical (unpaired) electrons. The maximum Gasteiger partial charge on any atom is 0.343 e. The zero-order valence-electron chi connectivity index (χ0n) is 22.9. The molecule has 0 aliphatic heterocycles. The van der Waals surface area contributed by atoms with Crippen LogP contribution in [0.5, 0.6) is 0 Å². The van der Waals surface area contributed by atoms with E-state index < -0.39 is 5.63 Å². The Balaban J connectivity index is 1.25. The molecule has 2 heterocycles. The first kappa shape index (κ1) is 24.5. The lowest BCUT2D eigenvalue weighted by Crippen LogP contribution is -2.15. The zero-order valence-corrected chi connectivity index (χ0v) is 22.9. The molecule has 2 aliphatic rings. The van der Waals surface area contributed by atoms with Crippen LogP contribution in [-0.2, 0) is 0 Å². The van der Waals surface area contributed by atoms with Crippen molar-refractivity contribution in [2.45, 2.75) is 19.8 Å². The third-order valence-electron chi connectivity index (χ3n) is 8.58. The van der Waals surface area contributed by atoms with Crippen LogP contribution in [0, 0.1) is 5.92 Å². The summed E-state index contributed by atoms with van der Waals surface area (Å²) in [6.07, 6.45) is 3.12. The van der Waals surface area contributed by atoms with Crippen LogP contribution in [0.3, 0.4) is 0 Å². The van der Waals surface area contributed by atoms with E-state index in [1.807, 2.05) is 54.6 Å². The standard InChI is InChI=1S/C37H25NO4/c1-21-16-23(18-24(17-21)34-35(39)28-10-2-3-11-29(28)36(34)40)30-19-22-14-15-25(20-33(22)42-37(30)41)38-31-12-6-4-8-26(31)27-9-5-7-13-32(27)38/h2-15,18-21H,16-17H2,1H3. The van der Waals surface area contributed by atoms with Crippen molar-refractivity contribution in [1.82, 2.24) is 4.57 Å². The zero-order chi connectivity index (χ0) is 28.5. The highest BCUT2D eigenvalue weighted by Crippen LogP contribution is 2.39. The first-order valence-electron chi connectivity index (χ1n) is 14.2. The van der Waals surface area contributed by atoms with Crippen LogP contribution in [0.25, 0.3) is 44.0 Å². The lowest BCUT2D eigenvalue weighted by molar-refractivity contribution is 0.0987. The monoisotopic (exact) mass is 547 g/mol. The quantitative estimate of drug-likeness (QED) is 0.125. The van der Waals surface area contributed by atoms with Gasteiger partial charge in [0.1, 0.15) is 5.58 Å². The van der Waals surface area contributed by atoms with Crippen molar-refractivity contribution in [3.8, 4) is 5.69 Å². The number of allylic oxidation sites excluding steroid dienone is 4. The molecule has 6 aromatic rings. The van der Waals surface area contributed by atoms with Gasteiger partial charge < -0.3 is 8.98 Å². The number of para-hydroxylation sites is 2. The predicted molar refractivity (Wildman–Crippen MR) is 165 cm³/mol. The minimum absolute atomic E-state index is 0.157. The van der Waals surface area contributed by atoms with Gasteiger partial charge in [-0.05, 0) is 60.2 Å². The molecule has 5 heteroatoms. The van der Waals surface area contributed by atoms with Gasteiger partial charge in [0.2, 0.25) is 0 Å². The van der Waals surface area contributed by atoms with Crippen LogP contribution in [0.15, 0.2) is 123 Å². The van der Waals surface area contributed by atoms with Crippen LogP contribution in [0.1, 0.15) is 46.0 Å². The third-order valence-corrected chi connectivity index (χ3v) is 8.58. The van der Waals surface area contributed by atoms with Gasteiger partial charge in [0.05, 0.1) is 22.2 Å². The normalized spacial score (nSPS) is 17.0. The Bertz CT molecular complexity index is 2190. The summed E-state index contributed by atoms with van der Waals surface area (Å²) in [6, 6.07) is 31.3. The van der Waals surface area contributed by atoms with Crippen LogP contribution >= 0.6 is 0 Å². The summed E-state index contributed by atoms with van der Waals surface area (Å²) in [5.41, 5.74) is 6.20. The molecule has 1 unspecified atom stereocenters. The van der Waals surface area contributed by atoms with Gasteiger partial charge in [-0.15, -0.1) is 0 Å². The van der Waals surface area contributed by atoms with E-state index in [1.54, 1.807) is 24.3 Å². The Morgan fingerprint density at radius 1 is 0.690 bits per heavy atom. The highest BCUT2D eigenvalue weighted by Gasteiger charge is 2.36. The minimum atomic E-state index is -0.432. The van der Waals surface area contributed by atoms with Crippen molar-refractivity contribution >= 4 is 49.9 Å². The van der Waals surface area contributed by atoms with E-state index in [9.17, 15) is 14.4 Å². The molecule has 1 atom stereocenters. The van der Waals surface area contributed by atoms with Gasteiger partial charge in [-0.3, -0.25) is 9.59 Å². The Morgan fingerprint density at radius 3 is 1.98 bits per heavy atom. The number of fused-ring (bicyclic) bond motifs is 5. The predicted octanol–water partition coefficient (Wildman–Crippen LogP) is 8.08. The smallest absolute Gasteiger partial charge is 0.343 e.